The minimum Gasteiger partial charge on any atom is -0.370 e. The van der Waals surface area contributed by atoms with E-state index in [1.54, 1.807) is 0 Å². The molecule has 0 saturated heterocycles. The summed E-state index contributed by atoms with van der Waals surface area (Å²) in [7, 11) is 0. The van der Waals surface area contributed by atoms with Crippen LogP contribution in [0, 0.1) is 5.92 Å². The van der Waals surface area contributed by atoms with E-state index in [4.69, 9.17) is 15.0 Å². The molecule has 0 saturated carbocycles. The van der Waals surface area contributed by atoms with Crippen LogP contribution in [0.25, 0.3) is 0 Å². The van der Waals surface area contributed by atoms with Crippen molar-refractivity contribution in [1.82, 2.24) is 10.1 Å². The maximum absolute atomic E-state index is 5.56. The fourth-order valence-corrected chi connectivity index (χ4v) is 1.56. The van der Waals surface area contributed by atoms with Crippen LogP contribution in [0.5, 0.6) is 0 Å². The molecule has 0 aliphatic rings. The maximum Gasteiger partial charge on any atom is 0.226 e. The molecule has 5 heteroatoms. The Morgan fingerprint density at radius 1 is 1.41 bits per heavy atom. The van der Waals surface area contributed by atoms with Crippen LogP contribution < -0.4 is 5.73 Å². The maximum atomic E-state index is 5.56. The average molecular weight is 241 g/mol. The molecule has 0 radical (unpaired) electrons. The first-order valence-corrected chi connectivity index (χ1v) is 6.35. The third-order valence-corrected chi connectivity index (χ3v) is 2.76. The Balaban J connectivity index is 2.51. The molecule has 2 N–H and O–H groups in total. The summed E-state index contributed by atoms with van der Waals surface area (Å²) in [5.41, 5.74) is 5.56. The Kier molecular flexibility index (Phi) is 6.15. The third kappa shape index (κ3) is 4.44. The number of hydrogen-bond donors (Lipinski definition) is 1. The number of rotatable bonds is 8. The van der Waals surface area contributed by atoms with Crippen LogP contribution in [-0.4, -0.2) is 23.3 Å². The van der Waals surface area contributed by atoms with Crippen molar-refractivity contribution < 1.29 is 9.26 Å². The summed E-state index contributed by atoms with van der Waals surface area (Å²) >= 11 is 0. The Hall–Kier alpha value is -0.940. The first kappa shape index (κ1) is 14.1. The summed E-state index contributed by atoms with van der Waals surface area (Å²) in [5, 5.41) is 3.97. The van der Waals surface area contributed by atoms with Crippen molar-refractivity contribution in [3.05, 3.63) is 11.7 Å². The summed E-state index contributed by atoms with van der Waals surface area (Å²) in [4.78, 5) is 4.36. The molecule has 1 aromatic rings. The molecular formula is C12H23N3O2. The van der Waals surface area contributed by atoms with Gasteiger partial charge in [0.25, 0.3) is 0 Å². The van der Waals surface area contributed by atoms with Crippen molar-refractivity contribution in [2.24, 2.45) is 11.7 Å². The monoisotopic (exact) mass is 241 g/mol. The normalized spacial score (nSPS) is 14.8. The molecule has 0 bridgehead atoms. The van der Waals surface area contributed by atoms with E-state index in [9.17, 15) is 0 Å². The molecule has 2 unspecified atom stereocenters. The lowest BCUT2D eigenvalue weighted by Crippen LogP contribution is -2.11. The van der Waals surface area contributed by atoms with E-state index in [-0.39, 0.29) is 6.10 Å². The highest BCUT2D eigenvalue weighted by atomic mass is 16.5. The fourth-order valence-electron chi connectivity index (χ4n) is 1.56. The SMILES string of the molecule is CCOC(CC)c1noc(CCC(C)CN)n1. The number of nitrogens with zero attached hydrogens (tertiary/aromatic N) is 2. The number of hydrogen-bond acceptors (Lipinski definition) is 5. The van der Waals surface area contributed by atoms with Crippen LogP contribution in [0.1, 0.15) is 51.4 Å². The molecule has 1 heterocycles. The van der Waals surface area contributed by atoms with Gasteiger partial charge >= 0.3 is 0 Å². The standard InChI is InChI=1S/C12H23N3O2/c1-4-10(16-5-2)12-14-11(17-15-12)7-6-9(3)8-13/h9-10H,4-8,13H2,1-3H3. The van der Waals surface area contributed by atoms with Crippen molar-refractivity contribution in [3.63, 3.8) is 0 Å². The van der Waals surface area contributed by atoms with Crippen LogP contribution in [0.2, 0.25) is 0 Å². The Morgan fingerprint density at radius 2 is 2.18 bits per heavy atom. The van der Waals surface area contributed by atoms with E-state index in [2.05, 4.69) is 17.1 Å². The summed E-state index contributed by atoms with van der Waals surface area (Å²) in [5.74, 6) is 1.82. The average Bonchev–Trinajstić information content (AvgIpc) is 2.81. The smallest absolute Gasteiger partial charge is 0.226 e. The highest BCUT2D eigenvalue weighted by Crippen LogP contribution is 2.18. The third-order valence-electron chi connectivity index (χ3n) is 2.76. The molecule has 17 heavy (non-hydrogen) atoms. The summed E-state index contributed by atoms with van der Waals surface area (Å²) < 4.78 is 10.7. The second-order valence-electron chi connectivity index (χ2n) is 4.28. The van der Waals surface area contributed by atoms with Gasteiger partial charge in [0.15, 0.2) is 0 Å². The quantitative estimate of drug-likeness (QED) is 0.754. The van der Waals surface area contributed by atoms with E-state index in [1.165, 1.54) is 0 Å². The first-order valence-electron chi connectivity index (χ1n) is 6.35. The van der Waals surface area contributed by atoms with Gasteiger partial charge in [0, 0.05) is 13.0 Å². The van der Waals surface area contributed by atoms with Crippen molar-refractivity contribution in [2.45, 2.75) is 46.1 Å². The van der Waals surface area contributed by atoms with Crippen LogP contribution in [0.15, 0.2) is 4.52 Å². The van der Waals surface area contributed by atoms with Crippen molar-refractivity contribution in [2.75, 3.05) is 13.2 Å². The Labute approximate surface area is 103 Å². The van der Waals surface area contributed by atoms with E-state index in [0.717, 1.165) is 19.3 Å². The molecule has 2 atom stereocenters. The predicted molar refractivity (Wildman–Crippen MR) is 65.5 cm³/mol. The lowest BCUT2D eigenvalue weighted by Gasteiger charge is -2.09. The van der Waals surface area contributed by atoms with Gasteiger partial charge in [-0.2, -0.15) is 4.98 Å². The zero-order valence-electron chi connectivity index (χ0n) is 11.0. The molecule has 0 amide bonds. The minimum absolute atomic E-state index is 0.0515. The van der Waals surface area contributed by atoms with Gasteiger partial charge in [0.2, 0.25) is 11.7 Å². The van der Waals surface area contributed by atoms with E-state index >= 15 is 0 Å². The van der Waals surface area contributed by atoms with Crippen molar-refractivity contribution in [1.29, 1.82) is 0 Å². The molecular weight excluding hydrogens is 218 g/mol. The number of aryl methyl sites for hydroxylation is 1. The Bertz CT molecular complexity index is 314. The molecule has 1 aromatic heterocycles. The van der Waals surface area contributed by atoms with E-state index < -0.39 is 0 Å². The molecule has 1 rings (SSSR count). The highest BCUT2D eigenvalue weighted by Gasteiger charge is 2.16. The zero-order valence-corrected chi connectivity index (χ0v) is 11.0. The molecule has 0 aromatic carbocycles. The predicted octanol–water partition coefficient (Wildman–Crippen LogP) is 2.08. The first-order chi connectivity index (χ1) is 8.21. The molecule has 0 spiro atoms. The topological polar surface area (TPSA) is 74.2 Å². The van der Waals surface area contributed by atoms with Crippen LogP contribution in [-0.2, 0) is 11.2 Å². The zero-order chi connectivity index (χ0) is 12.7. The highest BCUT2D eigenvalue weighted by molar-refractivity contribution is 4.91. The second kappa shape index (κ2) is 7.40. The number of ether oxygens (including phenoxy) is 1. The summed E-state index contributed by atoms with van der Waals surface area (Å²) in [6.45, 7) is 7.48. The van der Waals surface area contributed by atoms with Crippen molar-refractivity contribution in [3.8, 4) is 0 Å². The van der Waals surface area contributed by atoms with Gasteiger partial charge in [0.05, 0.1) is 0 Å². The second-order valence-corrected chi connectivity index (χ2v) is 4.28. The van der Waals surface area contributed by atoms with Gasteiger partial charge in [-0.3, -0.25) is 0 Å². The van der Waals surface area contributed by atoms with Crippen molar-refractivity contribution >= 4 is 0 Å². The minimum atomic E-state index is -0.0515. The van der Waals surface area contributed by atoms with E-state index in [1.807, 2.05) is 13.8 Å². The van der Waals surface area contributed by atoms with Gasteiger partial charge in [-0.15, -0.1) is 0 Å². The van der Waals surface area contributed by atoms with Gasteiger partial charge in [0.1, 0.15) is 6.10 Å². The van der Waals surface area contributed by atoms with Gasteiger partial charge in [-0.05, 0) is 32.2 Å². The summed E-state index contributed by atoms with van der Waals surface area (Å²) in [6, 6.07) is 0. The lowest BCUT2D eigenvalue weighted by molar-refractivity contribution is 0.0518. The number of aromatic nitrogens is 2. The van der Waals surface area contributed by atoms with Crippen LogP contribution >= 0.6 is 0 Å². The molecule has 98 valence electrons. The molecule has 0 aliphatic carbocycles. The summed E-state index contributed by atoms with van der Waals surface area (Å²) in [6.07, 6.45) is 2.56. The van der Waals surface area contributed by atoms with Crippen LogP contribution in [0.3, 0.4) is 0 Å². The van der Waals surface area contributed by atoms with Gasteiger partial charge in [-0.25, -0.2) is 0 Å². The molecule has 0 aliphatic heterocycles. The van der Waals surface area contributed by atoms with Gasteiger partial charge in [-0.1, -0.05) is 19.0 Å². The molecule has 5 nitrogen and oxygen atoms in total. The van der Waals surface area contributed by atoms with Gasteiger partial charge < -0.3 is 15.0 Å². The largest absolute Gasteiger partial charge is 0.370 e. The lowest BCUT2D eigenvalue weighted by atomic mass is 10.1. The fraction of sp³-hybridized carbons (Fsp3) is 0.833. The van der Waals surface area contributed by atoms with E-state index in [0.29, 0.717) is 30.8 Å². The van der Waals surface area contributed by atoms with Crippen LogP contribution in [0.4, 0.5) is 0 Å². The Morgan fingerprint density at radius 3 is 2.76 bits per heavy atom. The number of nitrogens with two attached hydrogens (primary N) is 1. The molecule has 0 fully saturated rings.